The van der Waals surface area contributed by atoms with E-state index in [4.69, 9.17) is 4.98 Å². The molecule has 54 heavy (non-hydrogen) atoms. The first-order chi connectivity index (χ1) is 26.3. The van der Waals surface area contributed by atoms with Crippen LogP contribution in [0.4, 0.5) is 13.2 Å². The van der Waals surface area contributed by atoms with Gasteiger partial charge in [0.05, 0.1) is 33.1 Å². The highest BCUT2D eigenvalue weighted by atomic mass is 19.4. The third-order valence-electron chi connectivity index (χ3n) is 10.5. The second-order valence-electron chi connectivity index (χ2n) is 14.0. The molecule has 0 aliphatic carbocycles. The van der Waals surface area contributed by atoms with Crippen LogP contribution in [0, 0.1) is 0 Å². The number of rotatable bonds is 5. The van der Waals surface area contributed by atoms with Gasteiger partial charge in [-0.05, 0) is 77.7 Å². The van der Waals surface area contributed by atoms with E-state index in [9.17, 15) is 13.2 Å². The van der Waals surface area contributed by atoms with Crippen LogP contribution in [-0.4, -0.2) is 24.1 Å². The fourth-order valence-electron chi connectivity index (χ4n) is 8.03. The Bertz CT molecular complexity index is 3060. The van der Waals surface area contributed by atoms with E-state index in [0.29, 0.717) is 27.8 Å². The summed E-state index contributed by atoms with van der Waals surface area (Å²) in [5.41, 5.74) is 8.44. The van der Waals surface area contributed by atoms with Crippen molar-refractivity contribution in [2.24, 2.45) is 0 Å². The van der Waals surface area contributed by atoms with Crippen molar-refractivity contribution in [3.05, 3.63) is 157 Å². The van der Waals surface area contributed by atoms with Crippen LogP contribution in [0.2, 0.25) is 0 Å². The van der Waals surface area contributed by atoms with Crippen molar-refractivity contribution < 1.29 is 13.2 Å². The minimum absolute atomic E-state index is 0.108. The van der Waals surface area contributed by atoms with Crippen molar-refractivity contribution in [3.63, 3.8) is 0 Å². The molecule has 1 N–H and O–H groups in total. The maximum atomic E-state index is 14.9. The Morgan fingerprint density at radius 3 is 2.19 bits per heavy atom. The first-order valence-electron chi connectivity index (χ1n) is 17.9. The van der Waals surface area contributed by atoms with Crippen LogP contribution in [-0.2, 0) is 6.18 Å². The van der Waals surface area contributed by atoms with Crippen molar-refractivity contribution in [1.82, 2.24) is 24.1 Å². The quantitative estimate of drug-likeness (QED) is 0.193. The first kappa shape index (κ1) is 32.0. The number of pyridine rings is 1. The monoisotopic (exact) mass is 711 g/mol. The number of alkyl halides is 3. The molecular weight excluding hydrogens is 680 g/mol. The average Bonchev–Trinajstić information content (AvgIpc) is 3.87. The standard InChI is InChI=1S/C46H32F3N5/c1-27(2)29-24-36(46(47,48)49)42-34-22-21-28(25-39(34)54(40(42)26-29)41-20-8-9-23-50-41)31-15-11-19-38-44(31)52-45(53(38)30-12-4-3-5-13-30)35-17-10-16-33-32-14-6-7-18-37(32)51-43(33)35/h3-27,51H,1-2H3. The molecule has 6 aromatic carbocycles. The summed E-state index contributed by atoms with van der Waals surface area (Å²) in [7, 11) is 0. The Hall–Kier alpha value is -6.67. The molecule has 0 saturated heterocycles. The minimum Gasteiger partial charge on any atom is -0.354 e. The van der Waals surface area contributed by atoms with E-state index in [1.54, 1.807) is 12.3 Å². The fraction of sp³-hybridized carbons (Fsp3) is 0.0870. The van der Waals surface area contributed by atoms with Crippen molar-refractivity contribution >= 4 is 54.6 Å². The van der Waals surface area contributed by atoms with Crippen LogP contribution < -0.4 is 0 Å². The lowest BCUT2D eigenvalue weighted by Crippen LogP contribution is -2.07. The van der Waals surface area contributed by atoms with E-state index >= 15 is 0 Å². The van der Waals surface area contributed by atoms with Gasteiger partial charge in [-0.3, -0.25) is 9.13 Å². The molecule has 0 unspecified atom stereocenters. The molecule has 0 bridgehead atoms. The van der Waals surface area contributed by atoms with Crippen molar-refractivity contribution in [2.45, 2.75) is 25.9 Å². The number of halogens is 3. The smallest absolute Gasteiger partial charge is 0.354 e. The van der Waals surface area contributed by atoms with E-state index in [1.165, 1.54) is 6.07 Å². The zero-order chi connectivity index (χ0) is 36.7. The summed E-state index contributed by atoms with van der Waals surface area (Å²) in [5, 5.41) is 2.93. The van der Waals surface area contributed by atoms with E-state index in [-0.39, 0.29) is 11.3 Å². The molecule has 0 aliphatic rings. The lowest BCUT2D eigenvalue weighted by Gasteiger charge is -2.14. The van der Waals surface area contributed by atoms with Gasteiger partial charge in [-0.25, -0.2) is 9.97 Å². The molecule has 0 aliphatic heterocycles. The zero-order valence-electron chi connectivity index (χ0n) is 29.4. The summed E-state index contributed by atoms with van der Waals surface area (Å²) in [6.07, 6.45) is -2.88. The SMILES string of the molecule is CC(C)c1cc(C(F)(F)F)c2c3ccc(-c4cccc5c4nc(-c4cccc6c4[nH]c4ccccc46)n5-c4ccccc4)cc3n(-c3ccccn3)c2c1. The van der Waals surface area contributed by atoms with Gasteiger partial charge in [0.15, 0.2) is 0 Å². The third kappa shape index (κ3) is 4.86. The van der Waals surface area contributed by atoms with E-state index in [1.807, 2.05) is 97.3 Å². The molecule has 0 spiro atoms. The highest BCUT2D eigenvalue weighted by Crippen LogP contribution is 2.45. The van der Waals surface area contributed by atoms with E-state index in [2.05, 4.69) is 63.1 Å². The summed E-state index contributed by atoms with van der Waals surface area (Å²) in [4.78, 5) is 13.7. The number of fused-ring (bicyclic) bond motifs is 7. The first-order valence-corrected chi connectivity index (χ1v) is 17.9. The molecule has 4 heterocycles. The van der Waals surface area contributed by atoms with E-state index in [0.717, 1.165) is 61.0 Å². The molecule has 0 amide bonds. The van der Waals surface area contributed by atoms with Crippen LogP contribution in [0.1, 0.15) is 30.9 Å². The lowest BCUT2D eigenvalue weighted by molar-refractivity contribution is -0.136. The van der Waals surface area contributed by atoms with Crippen molar-refractivity contribution in [1.29, 1.82) is 0 Å². The minimum atomic E-state index is -4.55. The van der Waals surface area contributed by atoms with Crippen LogP contribution in [0.25, 0.3) is 88.7 Å². The number of nitrogens with one attached hydrogen (secondary N) is 1. The summed E-state index contributed by atoms with van der Waals surface area (Å²) in [6, 6.07) is 45.2. The van der Waals surface area contributed by atoms with Gasteiger partial charge in [-0.2, -0.15) is 13.2 Å². The normalized spacial score (nSPS) is 12.3. The Kier molecular flexibility index (Phi) is 7.07. The van der Waals surface area contributed by atoms with Gasteiger partial charge in [0.1, 0.15) is 11.6 Å². The van der Waals surface area contributed by atoms with Gasteiger partial charge in [0, 0.05) is 50.1 Å². The molecule has 0 radical (unpaired) electrons. The van der Waals surface area contributed by atoms with Crippen molar-refractivity contribution in [3.8, 4) is 34.0 Å². The summed E-state index contributed by atoms with van der Waals surface area (Å²) >= 11 is 0. The predicted octanol–water partition coefficient (Wildman–Crippen LogP) is 12.6. The highest BCUT2D eigenvalue weighted by molar-refractivity contribution is 6.14. The van der Waals surface area contributed by atoms with E-state index < -0.39 is 11.7 Å². The molecule has 0 atom stereocenters. The van der Waals surface area contributed by atoms with Crippen molar-refractivity contribution in [2.75, 3.05) is 0 Å². The Morgan fingerprint density at radius 1 is 0.630 bits per heavy atom. The van der Waals surface area contributed by atoms with Crippen LogP contribution in [0.15, 0.2) is 146 Å². The number of hydrogen-bond donors (Lipinski definition) is 1. The molecule has 10 rings (SSSR count). The molecule has 262 valence electrons. The molecule has 5 nitrogen and oxygen atoms in total. The molecular formula is C46H32F3N5. The summed E-state index contributed by atoms with van der Waals surface area (Å²) in [5.74, 6) is 1.22. The molecule has 0 saturated carbocycles. The maximum Gasteiger partial charge on any atom is 0.417 e. The largest absolute Gasteiger partial charge is 0.417 e. The fourth-order valence-corrected chi connectivity index (χ4v) is 8.03. The second-order valence-corrected chi connectivity index (χ2v) is 14.0. The number of hydrogen-bond acceptors (Lipinski definition) is 2. The van der Waals surface area contributed by atoms with Gasteiger partial charge in [-0.15, -0.1) is 0 Å². The average molecular weight is 712 g/mol. The number of aromatic amines is 1. The second kappa shape index (κ2) is 11.9. The maximum absolute atomic E-state index is 14.9. The van der Waals surface area contributed by atoms with Gasteiger partial charge >= 0.3 is 6.18 Å². The Labute approximate surface area is 308 Å². The number of benzene rings is 6. The molecule has 0 fully saturated rings. The Balaban J connectivity index is 1.27. The summed E-state index contributed by atoms with van der Waals surface area (Å²) in [6.45, 7) is 3.82. The number of nitrogens with zero attached hydrogens (tertiary/aromatic N) is 4. The van der Waals surface area contributed by atoms with Crippen LogP contribution in [0.5, 0.6) is 0 Å². The topological polar surface area (TPSA) is 51.4 Å². The van der Waals surface area contributed by atoms with Crippen LogP contribution >= 0.6 is 0 Å². The van der Waals surface area contributed by atoms with Gasteiger partial charge in [0.2, 0.25) is 0 Å². The zero-order valence-corrected chi connectivity index (χ0v) is 29.4. The molecule has 8 heteroatoms. The number of para-hydroxylation sites is 4. The molecule has 4 aromatic heterocycles. The number of H-pyrrole nitrogens is 1. The van der Waals surface area contributed by atoms with Gasteiger partial charge in [-0.1, -0.05) is 92.7 Å². The van der Waals surface area contributed by atoms with Gasteiger partial charge in [0.25, 0.3) is 0 Å². The number of aromatic nitrogens is 5. The lowest BCUT2D eigenvalue weighted by atomic mass is 9.96. The molecule has 10 aromatic rings. The third-order valence-corrected chi connectivity index (χ3v) is 10.5. The highest BCUT2D eigenvalue weighted by Gasteiger charge is 2.35. The predicted molar refractivity (Wildman–Crippen MR) is 213 cm³/mol. The van der Waals surface area contributed by atoms with Crippen LogP contribution in [0.3, 0.4) is 0 Å². The Morgan fingerprint density at radius 2 is 1.39 bits per heavy atom. The summed E-state index contributed by atoms with van der Waals surface area (Å²) < 4.78 is 48.6. The van der Waals surface area contributed by atoms with Gasteiger partial charge < -0.3 is 4.98 Å². The number of imidazole rings is 1.